The molecule has 7 heteroatoms. The molecule has 0 atom stereocenters. The molecule has 0 fully saturated rings. The number of aryl methyl sites for hydroxylation is 2. The van der Waals surface area contributed by atoms with E-state index in [9.17, 15) is 9.59 Å². The van der Waals surface area contributed by atoms with E-state index in [1.54, 1.807) is 6.20 Å². The number of carbonyl (C=O) groups is 1. The van der Waals surface area contributed by atoms with Gasteiger partial charge < -0.3 is 0 Å². The summed E-state index contributed by atoms with van der Waals surface area (Å²) >= 11 is 1.33. The number of benzene rings is 1. The first kappa shape index (κ1) is 18.8. The maximum absolute atomic E-state index is 12.7. The number of hydrogen-bond donors (Lipinski definition) is 1. The SMILES string of the molecule is Cc1ccc(-n2cc(C(=O)Nc3nc(-c4cccc(C)n4)cs3)ccc2=O)cc1. The first-order valence-electron chi connectivity index (χ1n) is 9.00. The lowest BCUT2D eigenvalue weighted by atomic mass is 10.2. The van der Waals surface area contributed by atoms with Crippen molar-refractivity contribution in [1.29, 1.82) is 0 Å². The van der Waals surface area contributed by atoms with Crippen LogP contribution in [0.3, 0.4) is 0 Å². The van der Waals surface area contributed by atoms with Crippen LogP contribution in [0.25, 0.3) is 17.1 Å². The van der Waals surface area contributed by atoms with Crippen LogP contribution in [-0.4, -0.2) is 20.4 Å². The Hall–Kier alpha value is -3.58. The van der Waals surface area contributed by atoms with Gasteiger partial charge >= 0.3 is 0 Å². The molecule has 0 aliphatic heterocycles. The molecule has 1 N–H and O–H groups in total. The quantitative estimate of drug-likeness (QED) is 0.554. The van der Waals surface area contributed by atoms with Gasteiger partial charge in [0.2, 0.25) is 0 Å². The Labute approximate surface area is 171 Å². The Balaban J connectivity index is 1.57. The molecule has 4 aromatic rings. The van der Waals surface area contributed by atoms with Gasteiger partial charge in [-0.25, -0.2) is 4.98 Å². The summed E-state index contributed by atoms with van der Waals surface area (Å²) in [6, 6.07) is 16.2. The van der Waals surface area contributed by atoms with Gasteiger partial charge in [-0.2, -0.15) is 0 Å². The van der Waals surface area contributed by atoms with Crippen molar-refractivity contribution in [2.45, 2.75) is 13.8 Å². The predicted molar refractivity (Wildman–Crippen MR) is 115 cm³/mol. The predicted octanol–water partition coefficient (Wildman–Crippen LogP) is 4.23. The van der Waals surface area contributed by atoms with Gasteiger partial charge in [-0.1, -0.05) is 23.8 Å². The van der Waals surface area contributed by atoms with Gasteiger partial charge in [0.15, 0.2) is 5.13 Å². The van der Waals surface area contributed by atoms with Crippen LogP contribution >= 0.6 is 11.3 Å². The molecule has 29 heavy (non-hydrogen) atoms. The zero-order chi connectivity index (χ0) is 20.4. The summed E-state index contributed by atoms with van der Waals surface area (Å²) < 4.78 is 1.46. The first-order valence-corrected chi connectivity index (χ1v) is 9.88. The molecule has 1 amide bonds. The number of aromatic nitrogens is 3. The van der Waals surface area contributed by atoms with E-state index in [2.05, 4.69) is 15.3 Å². The number of hydrogen-bond acceptors (Lipinski definition) is 5. The second kappa shape index (κ2) is 7.81. The summed E-state index contributed by atoms with van der Waals surface area (Å²) in [5.74, 6) is -0.330. The van der Waals surface area contributed by atoms with Crippen molar-refractivity contribution < 1.29 is 4.79 Å². The van der Waals surface area contributed by atoms with E-state index in [1.165, 1.54) is 28.0 Å². The van der Waals surface area contributed by atoms with Crippen molar-refractivity contribution in [3.05, 3.63) is 93.3 Å². The number of rotatable bonds is 4. The number of nitrogens with zero attached hydrogens (tertiary/aromatic N) is 3. The van der Waals surface area contributed by atoms with E-state index in [0.717, 1.165) is 17.0 Å². The molecule has 3 heterocycles. The third-order valence-corrected chi connectivity index (χ3v) is 5.12. The average molecular weight is 402 g/mol. The van der Waals surface area contributed by atoms with Crippen LogP contribution in [0.4, 0.5) is 5.13 Å². The number of nitrogens with one attached hydrogen (secondary N) is 1. The van der Waals surface area contributed by atoms with Gasteiger partial charge in [-0.05, 0) is 44.2 Å². The van der Waals surface area contributed by atoms with E-state index in [1.807, 2.05) is 61.7 Å². The van der Waals surface area contributed by atoms with Gasteiger partial charge in [0.05, 0.1) is 11.3 Å². The molecule has 6 nitrogen and oxygen atoms in total. The van der Waals surface area contributed by atoms with E-state index in [4.69, 9.17) is 0 Å². The fraction of sp³-hybridized carbons (Fsp3) is 0.0909. The van der Waals surface area contributed by atoms with Gasteiger partial charge in [-0.3, -0.25) is 24.5 Å². The van der Waals surface area contributed by atoms with Crippen molar-refractivity contribution in [1.82, 2.24) is 14.5 Å². The maximum Gasteiger partial charge on any atom is 0.258 e. The smallest absolute Gasteiger partial charge is 0.258 e. The zero-order valence-electron chi connectivity index (χ0n) is 15.9. The highest BCUT2D eigenvalue weighted by molar-refractivity contribution is 7.14. The molecular formula is C22H18N4O2S. The summed E-state index contributed by atoms with van der Waals surface area (Å²) in [6.07, 6.45) is 1.54. The minimum atomic E-state index is -0.330. The van der Waals surface area contributed by atoms with Crippen LogP contribution < -0.4 is 10.9 Å². The van der Waals surface area contributed by atoms with E-state index in [-0.39, 0.29) is 11.5 Å². The van der Waals surface area contributed by atoms with Crippen molar-refractivity contribution >= 4 is 22.4 Å². The summed E-state index contributed by atoms with van der Waals surface area (Å²) in [5.41, 5.74) is 4.34. The Morgan fingerprint density at radius 3 is 2.52 bits per heavy atom. The van der Waals surface area contributed by atoms with Gasteiger partial charge in [0.1, 0.15) is 5.69 Å². The molecule has 144 valence electrons. The highest BCUT2D eigenvalue weighted by Gasteiger charge is 2.12. The average Bonchev–Trinajstić information content (AvgIpc) is 3.17. The molecular weight excluding hydrogens is 384 g/mol. The summed E-state index contributed by atoms with van der Waals surface area (Å²) in [5, 5.41) is 5.12. The standard InChI is InChI=1S/C22H18N4O2S/c1-14-6-9-17(10-7-14)26-12-16(8-11-20(26)27)21(28)25-22-24-19(13-29-22)18-5-3-4-15(2)23-18/h3-13H,1-2H3,(H,24,25,28). The van der Waals surface area contributed by atoms with Gasteiger partial charge in [-0.15, -0.1) is 11.3 Å². The number of pyridine rings is 2. The Kier molecular flexibility index (Phi) is 5.05. The van der Waals surface area contributed by atoms with E-state index in [0.29, 0.717) is 22.1 Å². The summed E-state index contributed by atoms with van der Waals surface area (Å²) in [4.78, 5) is 33.8. The second-order valence-corrected chi connectivity index (χ2v) is 7.48. The van der Waals surface area contributed by atoms with E-state index < -0.39 is 0 Å². The Bertz CT molecular complexity index is 1240. The van der Waals surface area contributed by atoms with Crippen molar-refractivity contribution in [2.75, 3.05) is 5.32 Å². The maximum atomic E-state index is 12.7. The third kappa shape index (κ3) is 4.14. The lowest BCUT2D eigenvalue weighted by Crippen LogP contribution is -2.20. The minimum absolute atomic E-state index is 0.201. The fourth-order valence-electron chi connectivity index (χ4n) is 2.83. The van der Waals surface area contributed by atoms with E-state index >= 15 is 0 Å². The van der Waals surface area contributed by atoms with Crippen LogP contribution in [-0.2, 0) is 0 Å². The minimum Gasteiger partial charge on any atom is -0.298 e. The molecule has 1 aromatic carbocycles. The zero-order valence-corrected chi connectivity index (χ0v) is 16.7. The topological polar surface area (TPSA) is 76.9 Å². The largest absolute Gasteiger partial charge is 0.298 e. The molecule has 4 rings (SSSR count). The number of amides is 1. The molecule has 0 spiro atoms. The highest BCUT2D eigenvalue weighted by atomic mass is 32.1. The molecule has 0 aliphatic rings. The summed E-state index contributed by atoms with van der Waals surface area (Å²) in [7, 11) is 0. The molecule has 3 aromatic heterocycles. The number of anilines is 1. The molecule has 0 bridgehead atoms. The molecule has 0 radical (unpaired) electrons. The third-order valence-electron chi connectivity index (χ3n) is 4.36. The normalized spacial score (nSPS) is 10.7. The van der Waals surface area contributed by atoms with Gasteiger partial charge in [0, 0.05) is 29.0 Å². The summed E-state index contributed by atoms with van der Waals surface area (Å²) in [6.45, 7) is 3.90. The lowest BCUT2D eigenvalue weighted by molar-refractivity contribution is 0.102. The fourth-order valence-corrected chi connectivity index (χ4v) is 3.53. The molecule has 0 saturated heterocycles. The van der Waals surface area contributed by atoms with Gasteiger partial charge in [0.25, 0.3) is 11.5 Å². The van der Waals surface area contributed by atoms with Crippen LogP contribution in [0.2, 0.25) is 0 Å². The Morgan fingerprint density at radius 1 is 0.966 bits per heavy atom. The monoisotopic (exact) mass is 402 g/mol. The number of thiazole rings is 1. The van der Waals surface area contributed by atoms with Crippen LogP contribution in [0.1, 0.15) is 21.6 Å². The van der Waals surface area contributed by atoms with Crippen LogP contribution in [0.5, 0.6) is 0 Å². The highest BCUT2D eigenvalue weighted by Crippen LogP contribution is 2.24. The van der Waals surface area contributed by atoms with Crippen LogP contribution in [0, 0.1) is 13.8 Å². The van der Waals surface area contributed by atoms with Crippen molar-refractivity contribution in [2.24, 2.45) is 0 Å². The number of carbonyl (C=O) groups excluding carboxylic acids is 1. The van der Waals surface area contributed by atoms with Crippen molar-refractivity contribution in [3.63, 3.8) is 0 Å². The van der Waals surface area contributed by atoms with Crippen LogP contribution in [0.15, 0.2) is 71.0 Å². The molecule has 0 saturated carbocycles. The lowest BCUT2D eigenvalue weighted by Gasteiger charge is -2.08. The molecule has 0 aliphatic carbocycles. The first-order chi connectivity index (χ1) is 14.0. The molecule has 0 unspecified atom stereocenters. The Morgan fingerprint density at radius 2 is 1.76 bits per heavy atom. The van der Waals surface area contributed by atoms with Crippen molar-refractivity contribution in [3.8, 4) is 17.1 Å². The second-order valence-electron chi connectivity index (χ2n) is 6.62.